The molecule has 1 saturated heterocycles. The molecule has 1 aliphatic heterocycles. The van der Waals surface area contributed by atoms with Crippen molar-refractivity contribution >= 4 is 21.6 Å². The third kappa shape index (κ3) is 2.10. The van der Waals surface area contributed by atoms with Crippen molar-refractivity contribution in [3.8, 4) is 0 Å². The highest BCUT2D eigenvalue weighted by Crippen LogP contribution is 2.26. The molecular weight excluding hydrogens is 240 g/mol. The zero-order valence-corrected chi connectivity index (χ0v) is 9.92. The molecule has 0 saturated carbocycles. The van der Waals surface area contributed by atoms with Crippen LogP contribution in [0.5, 0.6) is 0 Å². The van der Waals surface area contributed by atoms with Gasteiger partial charge in [-0.2, -0.15) is 0 Å². The highest BCUT2D eigenvalue weighted by atomic mass is 79.9. The lowest BCUT2D eigenvalue weighted by Gasteiger charge is -2.34. The Morgan fingerprint density at radius 1 is 1.43 bits per heavy atom. The zero-order valence-electron chi connectivity index (χ0n) is 8.33. The van der Waals surface area contributed by atoms with Crippen LogP contribution in [0.15, 0.2) is 28.7 Å². The molecule has 0 amide bonds. The number of para-hydroxylation sites is 1. The fraction of sp³-hybridized carbons (Fsp3) is 0.455. The molecule has 2 nitrogen and oxygen atoms in total. The number of halogens is 1. The molecule has 1 heterocycles. The highest BCUT2D eigenvalue weighted by molar-refractivity contribution is 9.10. The molecule has 3 heteroatoms. The van der Waals surface area contributed by atoms with Crippen LogP contribution in [0.3, 0.4) is 0 Å². The zero-order chi connectivity index (χ0) is 9.97. The summed E-state index contributed by atoms with van der Waals surface area (Å²) in [7, 11) is 0. The summed E-state index contributed by atoms with van der Waals surface area (Å²) in [6.45, 7) is 5.47. The summed E-state index contributed by atoms with van der Waals surface area (Å²) in [6, 6.07) is 8.99. The first-order valence-electron chi connectivity index (χ1n) is 5.00. The van der Waals surface area contributed by atoms with Crippen LogP contribution in [0.25, 0.3) is 0 Å². The monoisotopic (exact) mass is 254 g/mol. The SMILES string of the molecule is CC1CN(c2ccccc2Br)CCN1. The van der Waals surface area contributed by atoms with Gasteiger partial charge in [0.05, 0.1) is 5.69 Å². The Balaban J connectivity index is 2.18. The quantitative estimate of drug-likeness (QED) is 0.828. The Kier molecular flexibility index (Phi) is 3.08. The number of hydrogen-bond donors (Lipinski definition) is 1. The number of hydrogen-bond acceptors (Lipinski definition) is 2. The van der Waals surface area contributed by atoms with Gasteiger partial charge in [-0.25, -0.2) is 0 Å². The largest absolute Gasteiger partial charge is 0.368 e. The molecule has 1 unspecified atom stereocenters. The first-order chi connectivity index (χ1) is 6.77. The molecule has 0 aromatic heterocycles. The van der Waals surface area contributed by atoms with Crippen molar-refractivity contribution in [2.24, 2.45) is 0 Å². The van der Waals surface area contributed by atoms with Crippen LogP contribution in [-0.2, 0) is 0 Å². The summed E-state index contributed by atoms with van der Waals surface area (Å²) >= 11 is 3.59. The van der Waals surface area contributed by atoms with Crippen LogP contribution >= 0.6 is 15.9 Å². The number of nitrogens with one attached hydrogen (secondary N) is 1. The van der Waals surface area contributed by atoms with E-state index in [0.29, 0.717) is 6.04 Å². The number of rotatable bonds is 1. The average molecular weight is 255 g/mol. The molecule has 0 aliphatic carbocycles. The fourth-order valence-electron chi connectivity index (χ4n) is 1.86. The van der Waals surface area contributed by atoms with Gasteiger partial charge in [-0.1, -0.05) is 12.1 Å². The summed E-state index contributed by atoms with van der Waals surface area (Å²) in [4.78, 5) is 2.42. The van der Waals surface area contributed by atoms with Gasteiger partial charge in [-0.3, -0.25) is 0 Å². The number of benzene rings is 1. The van der Waals surface area contributed by atoms with E-state index in [9.17, 15) is 0 Å². The number of piperazine rings is 1. The van der Waals surface area contributed by atoms with Crippen LogP contribution in [0.1, 0.15) is 6.92 Å². The van der Waals surface area contributed by atoms with Crippen molar-refractivity contribution in [2.75, 3.05) is 24.5 Å². The molecule has 1 fully saturated rings. The van der Waals surface area contributed by atoms with E-state index in [0.717, 1.165) is 19.6 Å². The van der Waals surface area contributed by atoms with Crippen molar-refractivity contribution in [3.05, 3.63) is 28.7 Å². The average Bonchev–Trinajstić information content (AvgIpc) is 2.18. The minimum absolute atomic E-state index is 0.579. The summed E-state index contributed by atoms with van der Waals surface area (Å²) in [5.74, 6) is 0. The summed E-state index contributed by atoms with van der Waals surface area (Å²) in [5.41, 5.74) is 1.31. The topological polar surface area (TPSA) is 15.3 Å². The smallest absolute Gasteiger partial charge is 0.0511 e. The van der Waals surface area contributed by atoms with Crippen molar-refractivity contribution in [1.29, 1.82) is 0 Å². The Morgan fingerprint density at radius 3 is 2.93 bits per heavy atom. The van der Waals surface area contributed by atoms with Crippen LogP contribution < -0.4 is 10.2 Å². The molecule has 1 N–H and O–H groups in total. The maximum atomic E-state index is 3.59. The Labute approximate surface area is 93.4 Å². The summed E-state index contributed by atoms with van der Waals surface area (Å²) in [6.07, 6.45) is 0. The Morgan fingerprint density at radius 2 is 2.21 bits per heavy atom. The van der Waals surface area contributed by atoms with Crippen LogP contribution in [-0.4, -0.2) is 25.7 Å². The maximum Gasteiger partial charge on any atom is 0.0511 e. The second-order valence-electron chi connectivity index (χ2n) is 3.75. The lowest BCUT2D eigenvalue weighted by Crippen LogP contribution is -2.49. The number of nitrogens with zero attached hydrogens (tertiary/aromatic N) is 1. The molecule has 0 bridgehead atoms. The molecule has 1 aromatic carbocycles. The lowest BCUT2D eigenvalue weighted by molar-refractivity contribution is 0.484. The second kappa shape index (κ2) is 4.32. The first kappa shape index (κ1) is 9.99. The standard InChI is InChI=1S/C11H15BrN2/c1-9-8-14(7-6-13-9)11-5-3-2-4-10(11)12/h2-5,9,13H,6-8H2,1H3. The first-order valence-corrected chi connectivity index (χ1v) is 5.79. The van der Waals surface area contributed by atoms with Gasteiger partial charge in [0.2, 0.25) is 0 Å². The van der Waals surface area contributed by atoms with Gasteiger partial charge in [0.15, 0.2) is 0 Å². The Bertz CT molecular complexity index is 314. The predicted molar refractivity (Wildman–Crippen MR) is 63.8 cm³/mol. The minimum atomic E-state index is 0.579. The third-order valence-corrected chi connectivity index (χ3v) is 3.23. The molecule has 2 rings (SSSR count). The maximum absolute atomic E-state index is 3.59. The van der Waals surface area contributed by atoms with Crippen LogP contribution in [0.2, 0.25) is 0 Å². The Hall–Kier alpha value is -0.540. The fourth-order valence-corrected chi connectivity index (χ4v) is 2.39. The molecule has 1 atom stereocenters. The van der Waals surface area contributed by atoms with Gasteiger partial charge in [0.1, 0.15) is 0 Å². The molecule has 1 aliphatic rings. The van der Waals surface area contributed by atoms with Crippen LogP contribution in [0, 0.1) is 0 Å². The van der Waals surface area contributed by atoms with E-state index in [1.165, 1.54) is 10.2 Å². The summed E-state index contributed by atoms with van der Waals surface area (Å²) < 4.78 is 1.19. The molecule has 0 spiro atoms. The predicted octanol–water partition coefficient (Wildman–Crippen LogP) is 2.25. The normalized spacial score (nSPS) is 22.4. The highest BCUT2D eigenvalue weighted by Gasteiger charge is 2.16. The van der Waals surface area contributed by atoms with Crippen molar-refractivity contribution in [2.45, 2.75) is 13.0 Å². The molecule has 1 aromatic rings. The van der Waals surface area contributed by atoms with Gasteiger partial charge >= 0.3 is 0 Å². The van der Waals surface area contributed by atoms with E-state index in [1.807, 2.05) is 0 Å². The van der Waals surface area contributed by atoms with E-state index in [2.05, 4.69) is 57.3 Å². The van der Waals surface area contributed by atoms with Crippen LogP contribution in [0.4, 0.5) is 5.69 Å². The van der Waals surface area contributed by atoms with Crippen molar-refractivity contribution in [3.63, 3.8) is 0 Å². The van der Waals surface area contributed by atoms with Gasteiger partial charge in [-0.15, -0.1) is 0 Å². The molecule has 76 valence electrons. The van der Waals surface area contributed by atoms with Crippen molar-refractivity contribution < 1.29 is 0 Å². The lowest BCUT2D eigenvalue weighted by atomic mass is 10.2. The van der Waals surface area contributed by atoms with E-state index in [1.54, 1.807) is 0 Å². The second-order valence-corrected chi connectivity index (χ2v) is 4.61. The van der Waals surface area contributed by atoms with Gasteiger partial charge < -0.3 is 10.2 Å². The molecule has 14 heavy (non-hydrogen) atoms. The van der Waals surface area contributed by atoms with Crippen molar-refractivity contribution in [1.82, 2.24) is 5.32 Å². The van der Waals surface area contributed by atoms with E-state index < -0.39 is 0 Å². The third-order valence-electron chi connectivity index (χ3n) is 2.56. The molecule has 0 radical (unpaired) electrons. The minimum Gasteiger partial charge on any atom is -0.368 e. The number of anilines is 1. The van der Waals surface area contributed by atoms with E-state index >= 15 is 0 Å². The van der Waals surface area contributed by atoms with E-state index in [4.69, 9.17) is 0 Å². The van der Waals surface area contributed by atoms with E-state index in [-0.39, 0.29) is 0 Å². The van der Waals surface area contributed by atoms with Gasteiger partial charge in [0, 0.05) is 30.1 Å². The van der Waals surface area contributed by atoms with Gasteiger partial charge in [-0.05, 0) is 35.0 Å². The molecular formula is C11H15BrN2. The van der Waals surface area contributed by atoms with Gasteiger partial charge in [0.25, 0.3) is 0 Å². The summed E-state index contributed by atoms with van der Waals surface area (Å²) in [5, 5.41) is 3.44.